The van der Waals surface area contributed by atoms with Gasteiger partial charge in [-0.3, -0.25) is 0 Å². The summed E-state index contributed by atoms with van der Waals surface area (Å²) in [5.41, 5.74) is 5.43. The molecule has 1 aromatic heterocycles. The predicted molar refractivity (Wildman–Crippen MR) is 50.7 cm³/mol. The van der Waals surface area contributed by atoms with Crippen LogP contribution in [0.3, 0.4) is 0 Å². The fourth-order valence-corrected chi connectivity index (χ4v) is 2.02. The van der Waals surface area contributed by atoms with Crippen molar-refractivity contribution in [2.45, 2.75) is 37.9 Å². The third-order valence-electron chi connectivity index (χ3n) is 2.74. The van der Waals surface area contributed by atoms with Crippen LogP contribution in [0.15, 0.2) is 0 Å². The Balaban J connectivity index is 2.31. The Bertz CT molecular complexity index is 371. The fourth-order valence-electron chi connectivity index (χ4n) is 2.02. The van der Waals surface area contributed by atoms with Crippen LogP contribution < -0.4 is 5.73 Å². The van der Waals surface area contributed by atoms with E-state index in [4.69, 9.17) is 5.73 Å². The molecule has 90 valence electrons. The van der Waals surface area contributed by atoms with Gasteiger partial charge in [0.15, 0.2) is 0 Å². The van der Waals surface area contributed by atoms with Crippen molar-refractivity contribution in [3.05, 3.63) is 11.6 Å². The molecule has 4 nitrogen and oxygen atoms in total. The van der Waals surface area contributed by atoms with Crippen molar-refractivity contribution in [3.8, 4) is 0 Å². The smallest absolute Gasteiger partial charge is 0.330 e. The van der Waals surface area contributed by atoms with Gasteiger partial charge in [0.1, 0.15) is 5.82 Å². The maximum atomic E-state index is 12.4. The molecule has 2 heterocycles. The van der Waals surface area contributed by atoms with Crippen LogP contribution in [0.4, 0.5) is 13.2 Å². The van der Waals surface area contributed by atoms with E-state index in [1.54, 1.807) is 0 Å². The second-order valence-electron chi connectivity index (χ2n) is 3.92. The highest BCUT2D eigenvalue weighted by Gasteiger charge is 2.38. The number of halogens is 3. The zero-order chi connectivity index (χ0) is 11.8. The minimum Gasteiger partial charge on any atom is -0.330 e. The molecule has 7 heteroatoms. The molecule has 1 atom stereocenters. The van der Waals surface area contributed by atoms with Crippen molar-refractivity contribution >= 4 is 0 Å². The van der Waals surface area contributed by atoms with E-state index in [1.807, 2.05) is 0 Å². The van der Waals surface area contributed by atoms with E-state index in [0.29, 0.717) is 25.2 Å². The number of hydrogen-bond acceptors (Lipinski definition) is 3. The van der Waals surface area contributed by atoms with Gasteiger partial charge in [0.2, 0.25) is 0 Å². The molecule has 2 N–H and O–H groups in total. The summed E-state index contributed by atoms with van der Waals surface area (Å²) in [5, 5.41) is 3.55. The molecule has 0 saturated carbocycles. The number of fused-ring (bicyclic) bond motifs is 1. The van der Waals surface area contributed by atoms with Gasteiger partial charge < -0.3 is 5.73 Å². The van der Waals surface area contributed by atoms with Crippen molar-refractivity contribution in [1.29, 1.82) is 0 Å². The minimum absolute atomic E-state index is 0.0302. The SMILES string of the molecule is NCCC1CCCc2nc(C(F)(F)F)nn21. The van der Waals surface area contributed by atoms with Gasteiger partial charge >= 0.3 is 6.18 Å². The average molecular weight is 234 g/mol. The summed E-state index contributed by atoms with van der Waals surface area (Å²) in [4.78, 5) is 3.54. The fraction of sp³-hybridized carbons (Fsp3) is 0.778. The molecule has 0 bridgehead atoms. The summed E-state index contributed by atoms with van der Waals surface area (Å²) in [6.07, 6.45) is -1.58. The first-order valence-corrected chi connectivity index (χ1v) is 5.25. The van der Waals surface area contributed by atoms with Crippen LogP contribution in [0.2, 0.25) is 0 Å². The average Bonchev–Trinajstić information content (AvgIpc) is 2.62. The molecule has 1 aliphatic rings. The monoisotopic (exact) mass is 234 g/mol. The van der Waals surface area contributed by atoms with E-state index in [1.165, 1.54) is 4.68 Å². The first-order valence-electron chi connectivity index (χ1n) is 5.25. The van der Waals surface area contributed by atoms with Crippen LogP contribution in [-0.4, -0.2) is 21.3 Å². The lowest BCUT2D eigenvalue weighted by Crippen LogP contribution is -2.22. The number of nitrogens with two attached hydrogens (primary N) is 1. The molecular formula is C9H13F3N4. The Hall–Kier alpha value is -1.11. The van der Waals surface area contributed by atoms with Crippen LogP contribution in [0.1, 0.15) is 37.0 Å². The molecule has 0 aromatic carbocycles. The highest BCUT2D eigenvalue weighted by molar-refractivity contribution is 5.01. The van der Waals surface area contributed by atoms with Gasteiger partial charge in [-0.15, -0.1) is 5.10 Å². The zero-order valence-corrected chi connectivity index (χ0v) is 8.67. The van der Waals surface area contributed by atoms with Gasteiger partial charge in [-0.2, -0.15) is 13.2 Å². The van der Waals surface area contributed by atoms with E-state index in [0.717, 1.165) is 12.8 Å². The van der Waals surface area contributed by atoms with Gasteiger partial charge in [-0.05, 0) is 25.8 Å². The number of aryl methyl sites for hydroxylation is 1. The maximum Gasteiger partial charge on any atom is 0.453 e. The highest BCUT2D eigenvalue weighted by atomic mass is 19.4. The van der Waals surface area contributed by atoms with Gasteiger partial charge in [-0.25, -0.2) is 9.67 Å². The largest absolute Gasteiger partial charge is 0.453 e. The number of hydrogen-bond donors (Lipinski definition) is 1. The molecule has 0 amide bonds. The Morgan fingerprint density at radius 2 is 2.19 bits per heavy atom. The first-order chi connectivity index (χ1) is 7.52. The third kappa shape index (κ3) is 2.04. The van der Waals surface area contributed by atoms with Crippen molar-refractivity contribution < 1.29 is 13.2 Å². The second kappa shape index (κ2) is 4.04. The molecule has 0 saturated heterocycles. The Morgan fingerprint density at radius 1 is 1.44 bits per heavy atom. The molecule has 16 heavy (non-hydrogen) atoms. The molecule has 0 aliphatic carbocycles. The van der Waals surface area contributed by atoms with E-state index in [2.05, 4.69) is 10.1 Å². The third-order valence-corrected chi connectivity index (χ3v) is 2.74. The standard InChI is InChI=1S/C9H13F3N4/c10-9(11,12)8-14-7-3-1-2-6(4-5-13)16(7)15-8/h6H,1-5,13H2. The number of nitrogens with zero attached hydrogens (tertiary/aromatic N) is 3. The lowest BCUT2D eigenvalue weighted by Gasteiger charge is -2.22. The molecular weight excluding hydrogens is 221 g/mol. The molecule has 2 rings (SSSR count). The predicted octanol–water partition coefficient (Wildman–Crippen LogP) is 1.52. The van der Waals surface area contributed by atoms with Crippen molar-refractivity contribution in [1.82, 2.24) is 14.8 Å². The number of aromatic nitrogens is 3. The van der Waals surface area contributed by atoms with Crippen molar-refractivity contribution in [3.63, 3.8) is 0 Å². The Morgan fingerprint density at radius 3 is 2.81 bits per heavy atom. The van der Waals surface area contributed by atoms with Gasteiger partial charge in [0.05, 0.1) is 6.04 Å². The van der Waals surface area contributed by atoms with Gasteiger partial charge in [0.25, 0.3) is 5.82 Å². The Labute approximate surface area is 90.6 Å². The molecule has 0 fully saturated rings. The summed E-state index contributed by atoms with van der Waals surface area (Å²) in [5.74, 6) is -0.608. The maximum absolute atomic E-state index is 12.4. The lowest BCUT2D eigenvalue weighted by molar-refractivity contribution is -0.145. The number of alkyl halides is 3. The van der Waals surface area contributed by atoms with Crippen molar-refractivity contribution in [2.75, 3.05) is 6.54 Å². The Kier molecular flexibility index (Phi) is 2.88. The van der Waals surface area contributed by atoms with Crippen LogP contribution in [0.25, 0.3) is 0 Å². The molecule has 0 radical (unpaired) electrons. The van der Waals surface area contributed by atoms with E-state index in [-0.39, 0.29) is 6.04 Å². The molecule has 1 aliphatic heterocycles. The van der Waals surface area contributed by atoms with Gasteiger partial charge in [0, 0.05) is 6.42 Å². The molecule has 0 spiro atoms. The molecule has 1 aromatic rings. The van der Waals surface area contributed by atoms with E-state index >= 15 is 0 Å². The van der Waals surface area contributed by atoms with Crippen LogP contribution in [0.5, 0.6) is 0 Å². The minimum atomic E-state index is -4.46. The van der Waals surface area contributed by atoms with Gasteiger partial charge in [-0.1, -0.05) is 0 Å². The summed E-state index contributed by atoms with van der Waals surface area (Å²) >= 11 is 0. The summed E-state index contributed by atoms with van der Waals surface area (Å²) in [6.45, 7) is 0.450. The summed E-state index contributed by atoms with van der Waals surface area (Å²) in [6, 6.07) is -0.0302. The second-order valence-corrected chi connectivity index (χ2v) is 3.92. The lowest BCUT2D eigenvalue weighted by atomic mass is 10.0. The topological polar surface area (TPSA) is 56.7 Å². The summed E-state index contributed by atoms with van der Waals surface area (Å²) in [7, 11) is 0. The summed E-state index contributed by atoms with van der Waals surface area (Å²) < 4.78 is 38.7. The van der Waals surface area contributed by atoms with E-state index in [9.17, 15) is 13.2 Å². The van der Waals surface area contributed by atoms with Crippen LogP contribution in [-0.2, 0) is 12.6 Å². The van der Waals surface area contributed by atoms with Crippen LogP contribution >= 0.6 is 0 Å². The zero-order valence-electron chi connectivity index (χ0n) is 8.67. The van der Waals surface area contributed by atoms with E-state index < -0.39 is 12.0 Å². The quantitative estimate of drug-likeness (QED) is 0.844. The number of rotatable bonds is 2. The normalized spacial score (nSPS) is 20.9. The molecule has 1 unspecified atom stereocenters. The highest BCUT2D eigenvalue weighted by Crippen LogP contribution is 2.31. The van der Waals surface area contributed by atoms with Crippen LogP contribution in [0, 0.1) is 0 Å². The van der Waals surface area contributed by atoms with Crippen molar-refractivity contribution in [2.24, 2.45) is 5.73 Å². The first kappa shape index (κ1) is 11.4.